The molecule has 1 heterocycles. The van der Waals surface area contributed by atoms with E-state index in [0.29, 0.717) is 6.54 Å². The first kappa shape index (κ1) is 12.9. The SMILES string of the molecule is CN(Cc1ccncc1)C(=O)c1cccc(O)c1O. The van der Waals surface area contributed by atoms with E-state index in [1.54, 1.807) is 19.4 Å². The second-order valence-electron chi connectivity index (χ2n) is 4.19. The number of rotatable bonds is 3. The maximum Gasteiger partial charge on any atom is 0.257 e. The van der Waals surface area contributed by atoms with Crippen molar-refractivity contribution in [3.63, 3.8) is 0 Å². The molecule has 98 valence electrons. The number of aromatic hydroxyl groups is 2. The van der Waals surface area contributed by atoms with Gasteiger partial charge >= 0.3 is 0 Å². The van der Waals surface area contributed by atoms with Crippen LogP contribution in [0.1, 0.15) is 15.9 Å². The second-order valence-corrected chi connectivity index (χ2v) is 4.19. The molecule has 0 unspecified atom stereocenters. The van der Waals surface area contributed by atoms with Gasteiger partial charge in [-0.15, -0.1) is 0 Å². The lowest BCUT2D eigenvalue weighted by Crippen LogP contribution is -2.26. The van der Waals surface area contributed by atoms with Crippen molar-refractivity contribution in [2.45, 2.75) is 6.54 Å². The predicted molar refractivity (Wildman–Crippen MR) is 69.8 cm³/mol. The van der Waals surface area contributed by atoms with E-state index in [9.17, 15) is 15.0 Å². The maximum atomic E-state index is 12.2. The molecule has 0 saturated carbocycles. The normalized spacial score (nSPS) is 10.2. The highest BCUT2D eigenvalue weighted by atomic mass is 16.3. The number of phenols is 2. The van der Waals surface area contributed by atoms with Crippen LogP contribution < -0.4 is 0 Å². The van der Waals surface area contributed by atoms with Gasteiger partial charge < -0.3 is 15.1 Å². The minimum atomic E-state index is -0.394. The predicted octanol–water partition coefficient (Wildman–Crippen LogP) is 1.76. The summed E-state index contributed by atoms with van der Waals surface area (Å²) >= 11 is 0. The molecule has 0 aliphatic rings. The van der Waals surface area contributed by atoms with Crippen LogP contribution >= 0.6 is 0 Å². The molecule has 0 aliphatic carbocycles. The standard InChI is InChI=1S/C14H14N2O3/c1-16(9-10-5-7-15-8-6-10)14(19)11-3-2-4-12(17)13(11)18/h2-8,17-18H,9H2,1H3. The van der Waals surface area contributed by atoms with Crippen LogP contribution in [0.15, 0.2) is 42.7 Å². The Labute approximate surface area is 110 Å². The summed E-state index contributed by atoms with van der Waals surface area (Å²) in [5.41, 5.74) is 1.02. The average Bonchev–Trinajstić information content (AvgIpc) is 2.42. The number of nitrogens with zero attached hydrogens (tertiary/aromatic N) is 2. The van der Waals surface area contributed by atoms with Crippen LogP contribution in [0, 0.1) is 0 Å². The minimum Gasteiger partial charge on any atom is -0.504 e. The van der Waals surface area contributed by atoms with Crippen LogP contribution in [0.3, 0.4) is 0 Å². The van der Waals surface area contributed by atoms with Gasteiger partial charge in [0.2, 0.25) is 0 Å². The highest BCUT2D eigenvalue weighted by molar-refractivity contribution is 5.97. The lowest BCUT2D eigenvalue weighted by atomic mass is 10.1. The Morgan fingerprint density at radius 2 is 1.89 bits per heavy atom. The van der Waals surface area contributed by atoms with Gasteiger partial charge in [0, 0.05) is 26.0 Å². The highest BCUT2D eigenvalue weighted by Crippen LogP contribution is 2.29. The first-order valence-corrected chi connectivity index (χ1v) is 5.75. The fourth-order valence-electron chi connectivity index (χ4n) is 1.74. The molecule has 0 saturated heterocycles. The molecule has 5 nitrogen and oxygen atoms in total. The molecule has 0 atom stereocenters. The molecule has 2 aromatic rings. The molecule has 0 bridgehead atoms. The van der Waals surface area contributed by atoms with E-state index < -0.39 is 5.75 Å². The summed E-state index contributed by atoms with van der Waals surface area (Å²) in [5, 5.41) is 19.1. The third-order valence-electron chi connectivity index (χ3n) is 2.76. The zero-order valence-electron chi connectivity index (χ0n) is 10.4. The molecule has 2 rings (SSSR count). The number of pyridine rings is 1. The molecule has 2 N–H and O–H groups in total. The Balaban J connectivity index is 2.18. The van der Waals surface area contributed by atoms with Gasteiger partial charge in [0.05, 0.1) is 5.56 Å². The summed E-state index contributed by atoms with van der Waals surface area (Å²) in [6.07, 6.45) is 3.30. The number of carbonyl (C=O) groups is 1. The van der Waals surface area contributed by atoms with Crippen molar-refractivity contribution in [3.05, 3.63) is 53.9 Å². The first-order chi connectivity index (χ1) is 9.09. The van der Waals surface area contributed by atoms with Crippen molar-refractivity contribution in [1.82, 2.24) is 9.88 Å². The van der Waals surface area contributed by atoms with E-state index >= 15 is 0 Å². The van der Waals surface area contributed by atoms with Gasteiger partial charge in [-0.25, -0.2) is 0 Å². The van der Waals surface area contributed by atoms with Gasteiger partial charge in [0.25, 0.3) is 5.91 Å². The van der Waals surface area contributed by atoms with Crippen molar-refractivity contribution >= 4 is 5.91 Å². The molecular weight excluding hydrogens is 244 g/mol. The van der Waals surface area contributed by atoms with Crippen LogP contribution in [-0.2, 0) is 6.54 Å². The average molecular weight is 258 g/mol. The summed E-state index contributed by atoms with van der Waals surface area (Å²) in [5.74, 6) is -1.05. The third-order valence-corrected chi connectivity index (χ3v) is 2.76. The summed E-state index contributed by atoms with van der Waals surface area (Å²) < 4.78 is 0. The lowest BCUT2D eigenvalue weighted by molar-refractivity contribution is 0.0781. The molecule has 1 aromatic heterocycles. The number of hydrogen-bond acceptors (Lipinski definition) is 4. The minimum absolute atomic E-state index is 0.0801. The van der Waals surface area contributed by atoms with Gasteiger partial charge in [-0.1, -0.05) is 6.07 Å². The summed E-state index contributed by atoms with van der Waals surface area (Å²) in [6.45, 7) is 0.399. The third kappa shape index (κ3) is 2.82. The second kappa shape index (κ2) is 5.39. The van der Waals surface area contributed by atoms with Crippen LogP contribution in [0.5, 0.6) is 11.5 Å². The summed E-state index contributed by atoms with van der Waals surface area (Å²) in [4.78, 5) is 17.5. The van der Waals surface area contributed by atoms with Crippen molar-refractivity contribution in [1.29, 1.82) is 0 Å². The van der Waals surface area contributed by atoms with E-state index in [1.807, 2.05) is 12.1 Å². The molecule has 19 heavy (non-hydrogen) atoms. The van der Waals surface area contributed by atoms with Crippen LogP contribution in [0.4, 0.5) is 0 Å². The fraction of sp³-hybridized carbons (Fsp3) is 0.143. The van der Waals surface area contributed by atoms with E-state index in [-0.39, 0.29) is 17.2 Å². The lowest BCUT2D eigenvalue weighted by Gasteiger charge is -2.18. The molecule has 1 amide bonds. The zero-order chi connectivity index (χ0) is 13.8. The molecule has 1 aromatic carbocycles. The van der Waals surface area contributed by atoms with Gasteiger partial charge in [0.1, 0.15) is 0 Å². The number of carbonyl (C=O) groups excluding carboxylic acids is 1. The Morgan fingerprint density at radius 1 is 1.21 bits per heavy atom. The molecule has 0 spiro atoms. The summed E-state index contributed by atoms with van der Waals surface area (Å²) in [7, 11) is 1.63. The van der Waals surface area contributed by atoms with E-state index in [2.05, 4.69) is 4.98 Å². The van der Waals surface area contributed by atoms with Crippen molar-refractivity contribution in [3.8, 4) is 11.5 Å². The van der Waals surface area contributed by atoms with Crippen molar-refractivity contribution in [2.75, 3.05) is 7.05 Å². The topological polar surface area (TPSA) is 73.7 Å². The molecule has 0 radical (unpaired) electrons. The van der Waals surface area contributed by atoms with Crippen LogP contribution in [0.2, 0.25) is 0 Å². The monoisotopic (exact) mass is 258 g/mol. The Morgan fingerprint density at radius 3 is 2.58 bits per heavy atom. The van der Waals surface area contributed by atoms with E-state index in [4.69, 9.17) is 0 Å². The quantitative estimate of drug-likeness (QED) is 0.823. The first-order valence-electron chi connectivity index (χ1n) is 5.75. The largest absolute Gasteiger partial charge is 0.504 e. The maximum absolute atomic E-state index is 12.2. The van der Waals surface area contributed by atoms with Crippen LogP contribution in [0.25, 0.3) is 0 Å². The van der Waals surface area contributed by atoms with E-state index in [1.165, 1.54) is 23.1 Å². The number of amides is 1. The molecule has 0 fully saturated rings. The van der Waals surface area contributed by atoms with Crippen LogP contribution in [-0.4, -0.2) is 33.1 Å². The number of hydrogen-bond donors (Lipinski definition) is 2. The molecule has 5 heteroatoms. The number of aromatic nitrogens is 1. The van der Waals surface area contributed by atoms with Gasteiger partial charge in [0.15, 0.2) is 11.5 Å². The van der Waals surface area contributed by atoms with Gasteiger partial charge in [-0.2, -0.15) is 0 Å². The smallest absolute Gasteiger partial charge is 0.257 e. The molecular formula is C14H14N2O3. The number of benzene rings is 1. The zero-order valence-corrected chi connectivity index (χ0v) is 10.4. The van der Waals surface area contributed by atoms with E-state index in [0.717, 1.165) is 5.56 Å². The number of para-hydroxylation sites is 1. The van der Waals surface area contributed by atoms with Gasteiger partial charge in [-0.05, 0) is 29.8 Å². The van der Waals surface area contributed by atoms with Crippen molar-refractivity contribution < 1.29 is 15.0 Å². The Bertz CT molecular complexity index is 584. The number of phenolic OH excluding ortho intramolecular Hbond substituents is 2. The summed E-state index contributed by atoms with van der Waals surface area (Å²) in [6, 6.07) is 7.94. The fourth-order valence-corrected chi connectivity index (χ4v) is 1.74. The van der Waals surface area contributed by atoms with Gasteiger partial charge in [-0.3, -0.25) is 9.78 Å². The molecule has 0 aliphatic heterocycles. The Kier molecular flexibility index (Phi) is 3.66. The Hall–Kier alpha value is -2.56. The van der Waals surface area contributed by atoms with Crippen molar-refractivity contribution in [2.24, 2.45) is 0 Å². The highest BCUT2D eigenvalue weighted by Gasteiger charge is 2.17.